The Labute approximate surface area is 206 Å². The number of carbonyl (C=O) groups excluding carboxylic acids is 3. The molecule has 11 heteroatoms. The number of pyridine rings is 1. The molecule has 0 bridgehead atoms. The summed E-state index contributed by atoms with van der Waals surface area (Å²) in [4.78, 5) is 54.0. The van der Waals surface area contributed by atoms with Gasteiger partial charge in [-0.05, 0) is 56.1 Å². The first-order valence-corrected chi connectivity index (χ1v) is 12.6. The Morgan fingerprint density at radius 1 is 1.00 bits per heavy atom. The molecule has 1 saturated heterocycles. The normalized spacial score (nSPS) is 19.9. The van der Waals surface area contributed by atoms with Crippen LogP contribution in [-0.2, 0) is 16.1 Å². The third-order valence-electron chi connectivity index (χ3n) is 7.17. The summed E-state index contributed by atoms with van der Waals surface area (Å²) in [5.41, 5.74) is 3.25. The zero-order chi connectivity index (χ0) is 24.4. The lowest BCUT2D eigenvalue weighted by molar-refractivity contribution is -0.125. The molecule has 184 valence electrons. The van der Waals surface area contributed by atoms with Crippen molar-refractivity contribution >= 4 is 40.8 Å². The predicted molar refractivity (Wildman–Crippen MR) is 130 cm³/mol. The number of imidazole rings is 1. The summed E-state index contributed by atoms with van der Waals surface area (Å²) < 4.78 is 1.96. The molecule has 7 rings (SSSR count). The van der Waals surface area contributed by atoms with Crippen LogP contribution in [0.25, 0.3) is 5.65 Å². The zero-order valence-electron chi connectivity index (χ0n) is 19.7. The van der Waals surface area contributed by atoms with Gasteiger partial charge >= 0.3 is 6.03 Å². The van der Waals surface area contributed by atoms with Crippen molar-refractivity contribution in [2.24, 2.45) is 5.92 Å². The molecule has 3 aliphatic carbocycles. The van der Waals surface area contributed by atoms with Gasteiger partial charge in [-0.15, -0.1) is 0 Å². The molecule has 4 amide bonds. The molecule has 4 aliphatic rings. The highest BCUT2D eigenvalue weighted by Gasteiger charge is 2.46. The van der Waals surface area contributed by atoms with Gasteiger partial charge in [-0.2, -0.15) is 0 Å². The van der Waals surface area contributed by atoms with Gasteiger partial charge in [0.25, 0.3) is 5.91 Å². The van der Waals surface area contributed by atoms with Gasteiger partial charge in [-0.25, -0.2) is 19.7 Å². The Morgan fingerprint density at radius 2 is 1.81 bits per heavy atom. The van der Waals surface area contributed by atoms with E-state index in [1.54, 1.807) is 11.0 Å². The largest absolute Gasteiger partial charge is 0.364 e. The maximum atomic E-state index is 13.1. The highest BCUT2D eigenvalue weighted by atomic mass is 16.2. The minimum Gasteiger partial charge on any atom is -0.364 e. The summed E-state index contributed by atoms with van der Waals surface area (Å²) in [5, 5.41) is 6.07. The summed E-state index contributed by atoms with van der Waals surface area (Å²) in [7, 11) is 0. The molecule has 1 aliphatic heterocycles. The molecule has 0 aromatic carbocycles. The van der Waals surface area contributed by atoms with Crippen LogP contribution in [-0.4, -0.2) is 54.7 Å². The monoisotopic (exact) mass is 486 g/mol. The van der Waals surface area contributed by atoms with Gasteiger partial charge in [0.15, 0.2) is 5.65 Å². The van der Waals surface area contributed by atoms with E-state index in [1.807, 2.05) is 16.7 Å². The standard InChI is InChI=1S/C25H26N8O3/c34-22-12-32(25(36)33(22)18-5-6-18)19-7-16(14-1-2-14)10-31-11-17(29-23(19)31)9-26-20-8-21(28-13-27-20)30-24(35)15-3-4-15/h7-8,10-11,13-15,18H,1-6,9,12H2,(H2,26,27,28,30,35). The lowest BCUT2D eigenvalue weighted by atomic mass is 10.1. The molecule has 3 aromatic heterocycles. The quantitative estimate of drug-likeness (QED) is 0.469. The molecule has 36 heavy (non-hydrogen) atoms. The van der Waals surface area contributed by atoms with Crippen molar-refractivity contribution in [3.05, 3.63) is 42.1 Å². The topological polar surface area (TPSA) is 125 Å². The second-order valence-electron chi connectivity index (χ2n) is 10.2. The number of amides is 4. The SMILES string of the molecule is O=C(Nc1cc(NCc2cn3cc(C4CC4)cc(N4CC(=O)N(C5CC5)C4=O)c3n2)ncn1)C1CC1. The van der Waals surface area contributed by atoms with E-state index in [2.05, 4.69) is 26.8 Å². The van der Waals surface area contributed by atoms with Crippen LogP contribution in [0.2, 0.25) is 0 Å². The van der Waals surface area contributed by atoms with Crippen molar-refractivity contribution in [2.45, 2.75) is 57.0 Å². The van der Waals surface area contributed by atoms with Crippen LogP contribution in [0, 0.1) is 5.92 Å². The summed E-state index contributed by atoms with van der Waals surface area (Å²) in [6, 6.07) is 3.52. The van der Waals surface area contributed by atoms with Gasteiger partial charge in [0.1, 0.15) is 24.5 Å². The number of fused-ring (bicyclic) bond motifs is 1. The third-order valence-corrected chi connectivity index (χ3v) is 7.17. The fraction of sp³-hybridized carbons (Fsp3) is 0.440. The number of hydrogen-bond acceptors (Lipinski definition) is 7. The summed E-state index contributed by atoms with van der Waals surface area (Å²) in [5.74, 6) is 1.47. The van der Waals surface area contributed by atoms with Gasteiger partial charge in [0, 0.05) is 30.4 Å². The first-order valence-electron chi connectivity index (χ1n) is 12.6. The minimum absolute atomic E-state index is 0.00538. The molecule has 0 unspecified atom stereocenters. The Hall–Kier alpha value is -4.02. The minimum atomic E-state index is -0.248. The molecule has 11 nitrogen and oxygen atoms in total. The zero-order valence-corrected chi connectivity index (χ0v) is 19.7. The van der Waals surface area contributed by atoms with Crippen molar-refractivity contribution < 1.29 is 14.4 Å². The van der Waals surface area contributed by atoms with Crippen LogP contribution in [0.1, 0.15) is 55.7 Å². The molecule has 4 fully saturated rings. The number of anilines is 3. The molecule has 4 heterocycles. The van der Waals surface area contributed by atoms with E-state index < -0.39 is 0 Å². The Bertz CT molecular complexity index is 1410. The Kier molecular flexibility index (Phi) is 4.73. The highest BCUT2D eigenvalue weighted by molar-refractivity contribution is 6.14. The predicted octanol–water partition coefficient (Wildman–Crippen LogP) is 2.89. The molecule has 0 atom stereocenters. The van der Waals surface area contributed by atoms with Crippen LogP contribution < -0.4 is 15.5 Å². The molecular formula is C25H26N8O3. The first-order chi connectivity index (χ1) is 17.5. The van der Waals surface area contributed by atoms with Crippen LogP contribution in [0.3, 0.4) is 0 Å². The van der Waals surface area contributed by atoms with Crippen LogP contribution in [0.4, 0.5) is 22.1 Å². The average Bonchev–Trinajstić information content (AvgIpc) is 3.72. The van der Waals surface area contributed by atoms with Crippen LogP contribution >= 0.6 is 0 Å². The maximum absolute atomic E-state index is 13.1. The van der Waals surface area contributed by atoms with E-state index in [4.69, 9.17) is 4.98 Å². The molecule has 0 spiro atoms. The number of carbonyl (C=O) groups is 3. The van der Waals surface area contributed by atoms with Crippen molar-refractivity contribution in [1.29, 1.82) is 0 Å². The molecule has 0 radical (unpaired) electrons. The van der Waals surface area contributed by atoms with Crippen LogP contribution in [0.15, 0.2) is 30.9 Å². The number of aromatic nitrogens is 4. The van der Waals surface area contributed by atoms with Gasteiger partial charge in [0.05, 0.1) is 17.9 Å². The fourth-order valence-electron chi connectivity index (χ4n) is 4.75. The van der Waals surface area contributed by atoms with E-state index in [0.29, 0.717) is 35.4 Å². The third kappa shape index (κ3) is 3.94. The van der Waals surface area contributed by atoms with Gasteiger partial charge in [-0.1, -0.05) is 0 Å². The summed E-state index contributed by atoms with van der Waals surface area (Å²) in [6.45, 7) is 0.448. The second kappa shape index (κ2) is 8.00. The fourth-order valence-corrected chi connectivity index (χ4v) is 4.75. The van der Waals surface area contributed by atoms with Crippen LogP contribution in [0.5, 0.6) is 0 Å². The van der Waals surface area contributed by atoms with Crippen molar-refractivity contribution in [3.63, 3.8) is 0 Å². The number of hydrogen-bond donors (Lipinski definition) is 2. The van der Waals surface area contributed by atoms with Gasteiger partial charge in [0.2, 0.25) is 5.91 Å². The van der Waals surface area contributed by atoms with E-state index in [9.17, 15) is 14.4 Å². The van der Waals surface area contributed by atoms with Gasteiger partial charge in [-0.3, -0.25) is 19.4 Å². The second-order valence-corrected chi connectivity index (χ2v) is 10.2. The smallest absolute Gasteiger partial charge is 0.332 e. The van der Waals surface area contributed by atoms with E-state index in [-0.39, 0.29) is 36.3 Å². The first kappa shape index (κ1) is 21.3. The van der Waals surface area contributed by atoms with E-state index in [0.717, 1.165) is 49.8 Å². The number of nitrogens with zero attached hydrogens (tertiary/aromatic N) is 6. The van der Waals surface area contributed by atoms with Crippen molar-refractivity contribution in [3.8, 4) is 0 Å². The Balaban J connectivity index is 1.14. The van der Waals surface area contributed by atoms with Gasteiger partial charge < -0.3 is 15.0 Å². The van der Waals surface area contributed by atoms with E-state index >= 15 is 0 Å². The molecule has 3 saturated carbocycles. The maximum Gasteiger partial charge on any atom is 0.332 e. The molecule has 2 N–H and O–H groups in total. The molecule has 3 aromatic rings. The number of rotatable bonds is 8. The number of nitrogens with one attached hydrogen (secondary N) is 2. The van der Waals surface area contributed by atoms with E-state index in [1.165, 1.54) is 11.2 Å². The molecular weight excluding hydrogens is 460 g/mol. The van der Waals surface area contributed by atoms with Crippen molar-refractivity contribution in [2.75, 3.05) is 22.1 Å². The Morgan fingerprint density at radius 3 is 2.56 bits per heavy atom. The van der Waals surface area contributed by atoms with Crippen molar-refractivity contribution in [1.82, 2.24) is 24.3 Å². The lowest BCUT2D eigenvalue weighted by Crippen LogP contribution is -2.34. The highest BCUT2D eigenvalue weighted by Crippen LogP contribution is 2.42. The summed E-state index contributed by atoms with van der Waals surface area (Å²) in [6.07, 6.45) is 11.3. The lowest BCUT2D eigenvalue weighted by Gasteiger charge is -2.18. The number of urea groups is 1. The average molecular weight is 487 g/mol. The number of imide groups is 1. The summed E-state index contributed by atoms with van der Waals surface area (Å²) >= 11 is 0.